The molecule has 0 aliphatic carbocycles. The van der Waals surface area contributed by atoms with E-state index in [0.29, 0.717) is 17.0 Å². The van der Waals surface area contributed by atoms with E-state index < -0.39 is 5.97 Å². The van der Waals surface area contributed by atoms with Crippen LogP contribution in [0.5, 0.6) is 0 Å². The van der Waals surface area contributed by atoms with E-state index >= 15 is 0 Å². The number of Topliss-reactive ketones (excluding diaryl/α,β-unsaturated/α-hetero) is 1. The van der Waals surface area contributed by atoms with E-state index in [1.54, 1.807) is 12.1 Å². The summed E-state index contributed by atoms with van der Waals surface area (Å²) in [6.07, 6.45) is 4.94. The molecule has 5 nitrogen and oxygen atoms in total. The molecule has 5 rings (SSSR count). The highest BCUT2D eigenvalue weighted by atomic mass is 35.5. The molecule has 0 N–H and O–H groups in total. The number of esters is 1. The number of carbonyl (C=O) groups is 3. The first-order valence-corrected chi connectivity index (χ1v) is 11.2. The Morgan fingerprint density at radius 3 is 2.84 bits per heavy atom. The average Bonchev–Trinajstić information content (AvgIpc) is 3.28. The summed E-state index contributed by atoms with van der Waals surface area (Å²) < 4.78 is 6.19. The molecule has 0 fully saturated rings. The van der Waals surface area contributed by atoms with Crippen molar-refractivity contribution in [2.45, 2.75) is 19.3 Å². The summed E-state index contributed by atoms with van der Waals surface area (Å²) in [7, 11) is 0. The summed E-state index contributed by atoms with van der Waals surface area (Å²) >= 11 is 7.86. The van der Waals surface area contributed by atoms with E-state index in [-0.39, 0.29) is 18.3 Å². The second kappa shape index (κ2) is 7.94. The minimum absolute atomic E-state index is 0.0806. The predicted molar refractivity (Wildman–Crippen MR) is 122 cm³/mol. The smallest absolute Gasteiger partial charge is 0.331 e. The fourth-order valence-electron chi connectivity index (χ4n) is 4.19. The molecule has 2 aromatic carbocycles. The third kappa shape index (κ3) is 3.66. The normalized spacial score (nSPS) is 15.0. The van der Waals surface area contributed by atoms with Gasteiger partial charge in [0.05, 0.1) is 17.1 Å². The van der Waals surface area contributed by atoms with E-state index in [1.807, 2.05) is 35.2 Å². The van der Waals surface area contributed by atoms with Crippen LogP contribution in [0.25, 0.3) is 16.2 Å². The highest BCUT2D eigenvalue weighted by molar-refractivity contribution is 7.20. The van der Waals surface area contributed by atoms with Gasteiger partial charge in [-0.2, -0.15) is 0 Å². The summed E-state index contributed by atoms with van der Waals surface area (Å²) in [6, 6.07) is 11.3. The number of nitrogens with zero attached hydrogens (tertiary/aromatic N) is 1. The molecule has 1 aromatic heterocycles. The van der Waals surface area contributed by atoms with E-state index in [2.05, 4.69) is 0 Å². The topological polar surface area (TPSA) is 63.7 Å². The third-order valence-electron chi connectivity index (χ3n) is 5.61. The quantitative estimate of drug-likeness (QED) is 0.316. The van der Waals surface area contributed by atoms with Crippen molar-refractivity contribution in [3.63, 3.8) is 0 Å². The van der Waals surface area contributed by atoms with Crippen LogP contribution in [0, 0.1) is 0 Å². The highest BCUT2D eigenvalue weighted by Crippen LogP contribution is 2.38. The number of rotatable bonds is 5. The molecule has 0 spiro atoms. The molecule has 0 bridgehead atoms. The van der Waals surface area contributed by atoms with E-state index in [9.17, 15) is 14.4 Å². The Balaban J connectivity index is 1.26. The zero-order valence-corrected chi connectivity index (χ0v) is 18.1. The second-order valence-electron chi connectivity index (χ2n) is 7.61. The van der Waals surface area contributed by atoms with Crippen molar-refractivity contribution in [2.24, 2.45) is 0 Å². The molecule has 0 atom stereocenters. The number of anilines is 1. The minimum Gasteiger partial charge on any atom is -0.454 e. The van der Waals surface area contributed by atoms with Gasteiger partial charge in [0, 0.05) is 33.1 Å². The summed E-state index contributed by atoms with van der Waals surface area (Å²) in [5, 5.41) is 1.53. The van der Waals surface area contributed by atoms with Gasteiger partial charge in [-0.25, -0.2) is 4.79 Å². The molecule has 3 aromatic rings. The first kappa shape index (κ1) is 20.0. The van der Waals surface area contributed by atoms with Crippen LogP contribution in [0.4, 0.5) is 5.69 Å². The lowest BCUT2D eigenvalue weighted by Gasteiger charge is -2.25. The largest absolute Gasteiger partial charge is 0.454 e. The maximum absolute atomic E-state index is 12.6. The number of benzene rings is 2. The number of ketones is 1. The Labute approximate surface area is 187 Å². The van der Waals surface area contributed by atoms with Crippen molar-refractivity contribution >= 4 is 62.4 Å². The van der Waals surface area contributed by atoms with Crippen molar-refractivity contribution in [3.8, 4) is 0 Å². The molecule has 0 saturated heterocycles. The van der Waals surface area contributed by atoms with E-state index in [1.165, 1.54) is 17.4 Å². The zero-order chi connectivity index (χ0) is 21.5. The van der Waals surface area contributed by atoms with Gasteiger partial charge in [0.25, 0.3) is 0 Å². The first-order chi connectivity index (χ1) is 15.0. The Bertz CT molecular complexity index is 1280. The van der Waals surface area contributed by atoms with Gasteiger partial charge in [-0.1, -0.05) is 29.8 Å². The van der Waals surface area contributed by atoms with Crippen molar-refractivity contribution in [1.82, 2.24) is 0 Å². The molecule has 3 heterocycles. The average molecular weight is 452 g/mol. The lowest BCUT2D eigenvalue weighted by molar-refractivity contribution is -0.136. The first-order valence-electron chi connectivity index (χ1n) is 10.0. The molecule has 2 aliphatic heterocycles. The van der Waals surface area contributed by atoms with Crippen molar-refractivity contribution in [3.05, 3.63) is 69.1 Å². The number of thiophene rings is 1. The van der Waals surface area contributed by atoms with Crippen molar-refractivity contribution in [2.75, 3.05) is 18.1 Å². The van der Waals surface area contributed by atoms with Crippen molar-refractivity contribution < 1.29 is 19.1 Å². The SMILES string of the molecule is O=C(C=Cc1sc2ccccc2c1Cl)OCC(=O)c1cc2c3c(c1)CC(=O)N3CCC2. The molecule has 156 valence electrons. The van der Waals surface area contributed by atoms with Crippen LogP contribution in [0.15, 0.2) is 42.5 Å². The third-order valence-corrected chi connectivity index (χ3v) is 7.26. The van der Waals surface area contributed by atoms with Gasteiger partial charge in [-0.3, -0.25) is 9.59 Å². The fraction of sp³-hybridized carbons (Fsp3) is 0.208. The lowest BCUT2D eigenvalue weighted by atomic mass is 9.95. The Morgan fingerprint density at radius 1 is 1.19 bits per heavy atom. The number of carbonyl (C=O) groups excluding carboxylic acids is 3. The van der Waals surface area contributed by atoms with Crippen LogP contribution in [0.1, 0.15) is 32.8 Å². The number of fused-ring (bicyclic) bond motifs is 1. The Hall–Kier alpha value is -2.96. The molecule has 7 heteroatoms. The van der Waals surface area contributed by atoms with Gasteiger partial charge in [0.1, 0.15) is 0 Å². The maximum atomic E-state index is 12.6. The highest BCUT2D eigenvalue weighted by Gasteiger charge is 2.32. The molecule has 0 unspecified atom stereocenters. The van der Waals surface area contributed by atoms with Crippen LogP contribution in [0.2, 0.25) is 5.02 Å². The van der Waals surface area contributed by atoms with E-state index in [4.69, 9.17) is 16.3 Å². The Morgan fingerprint density at radius 2 is 2.00 bits per heavy atom. The molecular weight excluding hydrogens is 434 g/mol. The second-order valence-corrected chi connectivity index (χ2v) is 9.07. The predicted octanol–water partition coefficient (Wildman–Crippen LogP) is 4.83. The molecule has 2 aliphatic rings. The standard InChI is InChI=1S/C24H18ClNO4S/c25-23-17-5-1-2-6-19(17)31-20(23)7-8-22(29)30-13-18(27)15-10-14-4-3-9-26-21(28)12-16(11-15)24(14)26/h1-2,5-8,10-11H,3-4,9,12-13H2. The van der Waals surface area contributed by atoms with Crippen LogP contribution in [-0.4, -0.2) is 30.8 Å². The fourth-order valence-corrected chi connectivity index (χ4v) is 5.59. The molecule has 0 saturated carbocycles. The summed E-state index contributed by atoms with van der Waals surface area (Å²) in [4.78, 5) is 39.5. The summed E-state index contributed by atoms with van der Waals surface area (Å²) in [5.74, 6) is -0.806. The number of halogens is 1. The van der Waals surface area contributed by atoms with Gasteiger partial charge in [0.2, 0.25) is 5.91 Å². The summed E-state index contributed by atoms with van der Waals surface area (Å²) in [6.45, 7) is 0.388. The number of ether oxygens (including phenoxy) is 1. The van der Waals surface area contributed by atoms with Crippen LogP contribution < -0.4 is 4.90 Å². The van der Waals surface area contributed by atoms with Gasteiger partial charge in [-0.15, -0.1) is 11.3 Å². The van der Waals surface area contributed by atoms with Crippen LogP contribution in [-0.2, 0) is 27.2 Å². The monoisotopic (exact) mass is 451 g/mol. The zero-order valence-electron chi connectivity index (χ0n) is 16.5. The summed E-state index contributed by atoms with van der Waals surface area (Å²) in [5.41, 5.74) is 3.35. The molecule has 0 radical (unpaired) electrons. The van der Waals surface area contributed by atoms with Crippen molar-refractivity contribution in [1.29, 1.82) is 0 Å². The van der Waals surface area contributed by atoms with Crippen LogP contribution >= 0.6 is 22.9 Å². The maximum Gasteiger partial charge on any atom is 0.331 e. The number of hydrogen-bond donors (Lipinski definition) is 0. The van der Waals surface area contributed by atoms with Gasteiger partial charge < -0.3 is 9.64 Å². The number of hydrogen-bond acceptors (Lipinski definition) is 5. The molecular formula is C24H18ClNO4S. The van der Waals surface area contributed by atoms with E-state index in [0.717, 1.165) is 51.2 Å². The lowest BCUT2D eigenvalue weighted by Crippen LogP contribution is -2.31. The number of aryl methyl sites for hydroxylation is 1. The molecule has 1 amide bonds. The Kier molecular flexibility index (Phi) is 5.12. The minimum atomic E-state index is -0.606. The van der Waals surface area contributed by atoms with Gasteiger partial charge in [0.15, 0.2) is 12.4 Å². The molecule has 31 heavy (non-hydrogen) atoms. The van der Waals surface area contributed by atoms with Gasteiger partial charge in [-0.05, 0) is 48.2 Å². The number of amides is 1. The van der Waals surface area contributed by atoms with Crippen LogP contribution in [0.3, 0.4) is 0 Å². The van der Waals surface area contributed by atoms with Gasteiger partial charge >= 0.3 is 5.97 Å².